The Labute approximate surface area is 108 Å². The third-order valence-electron chi connectivity index (χ3n) is 2.58. The van der Waals surface area contributed by atoms with Gasteiger partial charge in [-0.1, -0.05) is 6.08 Å². The van der Waals surface area contributed by atoms with Gasteiger partial charge in [-0.3, -0.25) is 0 Å². The number of hydrogen-bond donors (Lipinski definition) is 2. The molecular weight excluding hydrogens is 276 g/mol. The summed E-state index contributed by atoms with van der Waals surface area (Å²) in [6.07, 6.45) is 1.89. The second kappa shape index (κ2) is 6.00. The van der Waals surface area contributed by atoms with E-state index in [1.54, 1.807) is 25.2 Å². The summed E-state index contributed by atoms with van der Waals surface area (Å²) < 4.78 is 33.2. The van der Waals surface area contributed by atoms with Gasteiger partial charge in [-0.25, -0.2) is 9.65 Å². The molecule has 0 aliphatic carbocycles. The van der Waals surface area contributed by atoms with E-state index in [9.17, 15) is 14.0 Å². The van der Waals surface area contributed by atoms with Gasteiger partial charge in [0.1, 0.15) is 7.14 Å². The van der Waals surface area contributed by atoms with Gasteiger partial charge < -0.3 is 18.7 Å². The summed E-state index contributed by atoms with van der Waals surface area (Å²) in [5.74, 6) is 1.61. The van der Waals surface area contributed by atoms with E-state index in [4.69, 9.17) is 4.74 Å². The first-order chi connectivity index (χ1) is 8.13. The summed E-state index contributed by atoms with van der Waals surface area (Å²) in [7, 11) is -4.89. The zero-order chi connectivity index (χ0) is 14.0. The van der Waals surface area contributed by atoms with E-state index in [0.717, 1.165) is 0 Å². The van der Waals surface area contributed by atoms with Crippen LogP contribution in [0.5, 0.6) is 0 Å². The van der Waals surface area contributed by atoms with E-state index in [-0.39, 0.29) is 18.2 Å². The Morgan fingerprint density at radius 3 is 2.56 bits per heavy atom. The Morgan fingerprint density at radius 1 is 1.44 bits per heavy atom. The summed E-state index contributed by atoms with van der Waals surface area (Å²) in [6.45, 7) is 5.18. The van der Waals surface area contributed by atoms with Crippen molar-refractivity contribution in [2.45, 2.75) is 31.6 Å². The van der Waals surface area contributed by atoms with E-state index in [2.05, 4.69) is 9.61 Å². The van der Waals surface area contributed by atoms with Gasteiger partial charge in [-0.15, -0.1) is 0 Å². The molecule has 0 bridgehead atoms. The van der Waals surface area contributed by atoms with Crippen LogP contribution in [0, 0.1) is 0 Å². The van der Waals surface area contributed by atoms with E-state index in [1.807, 2.05) is 6.92 Å². The molecule has 1 unspecified atom stereocenters. The van der Waals surface area contributed by atoms with Crippen LogP contribution in [0.25, 0.3) is 0 Å². The third kappa shape index (κ3) is 5.35. The summed E-state index contributed by atoms with van der Waals surface area (Å²) in [5.41, 5.74) is 0. The first-order valence-corrected chi connectivity index (χ1v) is 9.93. The molecule has 0 radical (unpaired) electrons. The van der Waals surface area contributed by atoms with Gasteiger partial charge in [0.25, 0.3) is 0 Å². The molecule has 0 aromatic carbocycles. The van der Waals surface area contributed by atoms with Crippen molar-refractivity contribution in [1.82, 2.24) is 5.09 Å². The van der Waals surface area contributed by atoms with Crippen LogP contribution >= 0.6 is 14.9 Å². The first kappa shape index (κ1) is 16.1. The Bertz CT molecular complexity index is 405. The Morgan fingerprint density at radius 2 is 2.06 bits per heavy atom. The Balaban J connectivity index is 2.74. The highest BCUT2D eigenvalue weighted by Crippen LogP contribution is 2.41. The number of rotatable bonds is 5. The molecule has 1 heterocycles. The van der Waals surface area contributed by atoms with Crippen molar-refractivity contribution < 1.29 is 23.3 Å². The highest BCUT2D eigenvalue weighted by atomic mass is 31.2. The maximum absolute atomic E-state index is 11.6. The maximum Gasteiger partial charge on any atom is 0.403 e. The summed E-state index contributed by atoms with van der Waals surface area (Å²) >= 11 is 0. The summed E-state index contributed by atoms with van der Waals surface area (Å²) in [6, 6.07) is -0.321. The second-order valence-electron chi connectivity index (χ2n) is 4.86. The average molecular weight is 297 g/mol. The highest BCUT2D eigenvalue weighted by Gasteiger charge is 2.35. The van der Waals surface area contributed by atoms with Crippen molar-refractivity contribution in [3.63, 3.8) is 0 Å². The third-order valence-corrected chi connectivity index (χ3v) is 4.63. The molecule has 0 amide bonds. The predicted octanol–water partition coefficient (Wildman–Crippen LogP) is 2.01. The number of ether oxygens (including phenoxy) is 1. The lowest BCUT2D eigenvalue weighted by molar-refractivity contribution is 0.0785. The smallest absolute Gasteiger partial charge is 0.369 e. The fourth-order valence-corrected chi connectivity index (χ4v) is 3.13. The van der Waals surface area contributed by atoms with E-state index in [1.165, 1.54) is 7.11 Å². The molecule has 8 heteroatoms. The monoisotopic (exact) mass is 297 g/mol. The van der Waals surface area contributed by atoms with Crippen LogP contribution in [0.15, 0.2) is 11.9 Å². The predicted molar refractivity (Wildman–Crippen MR) is 71.3 cm³/mol. The van der Waals surface area contributed by atoms with Crippen molar-refractivity contribution in [2.24, 2.45) is 0 Å². The molecule has 0 aromatic heterocycles. The van der Waals surface area contributed by atoms with Crippen LogP contribution in [0.1, 0.15) is 13.3 Å². The van der Waals surface area contributed by atoms with Crippen molar-refractivity contribution >= 4 is 14.9 Å². The molecule has 1 saturated heterocycles. The van der Waals surface area contributed by atoms with Gasteiger partial charge in [-0.05, 0) is 32.5 Å². The average Bonchev–Trinajstić information content (AvgIpc) is 2.54. The van der Waals surface area contributed by atoms with Gasteiger partial charge in [-0.2, -0.15) is 0 Å². The van der Waals surface area contributed by atoms with Gasteiger partial charge >= 0.3 is 7.75 Å². The Hall–Kier alpha value is 0.0400. The molecule has 0 spiro atoms. The lowest BCUT2D eigenvalue weighted by atomic mass is 10.1. The normalized spacial score (nSPS) is 32.8. The standard InChI is InChI=1S/C10H21NO5P2/c1-8-7-9(11-18(13,14)15-2)10(16-8)5-6-17(3,4)12/h5-6,8-10H,7H2,1-4H3,(H2,11,13,14)/b6-5+/t8-,9-,10+/m0/s1. The van der Waals surface area contributed by atoms with Gasteiger partial charge in [0.2, 0.25) is 0 Å². The van der Waals surface area contributed by atoms with Crippen LogP contribution in [-0.2, 0) is 18.4 Å². The maximum atomic E-state index is 11.6. The molecule has 1 rings (SSSR count). The summed E-state index contributed by atoms with van der Waals surface area (Å²) in [5, 5.41) is 2.54. The largest absolute Gasteiger partial charge is 0.403 e. The molecule has 0 aromatic rings. The molecule has 4 atom stereocenters. The van der Waals surface area contributed by atoms with E-state index in [0.29, 0.717) is 6.42 Å². The fourth-order valence-electron chi connectivity index (χ4n) is 1.77. The van der Waals surface area contributed by atoms with Gasteiger partial charge in [0.05, 0.1) is 12.2 Å². The van der Waals surface area contributed by atoms with Crippen LogP contribution < -0.4 is 5.09 Å². The number of hydrogen-bond acceptors (Lipinski definition) is 4. The minimum absolute atomic E-state index is 0.0258. The zero-order valence-corrected chi connectivity index (χ0v) is 12.9. The topological polar surface area (TPSA) is 84.9 Å². The Kier molecular flexibility index (Phi) is 5.36. The SMILES string of the molecule is COP(=O)(O)N[C@H]1C[C@H](C)O[C@@H]1/C=C/P(C)(C)=O. The molecule has 6 nitrogen and oxygen atoms in total. The fraction of sp³-hybridized carbons (Fsp3) is 0.800. The van der Waals surface area contributed by atoms with E-state index < -0.39 is 14.9 Å². The molecule has 1 aliphatic rings. The molecule has 1 fully saturated rings. The van der Waals surface area contributed by atoms with Crippen LogP contribution in [0.3, 0.4) is 0 Å². The minimum atomic E-state index is -3.78. The quantitative estimate of drug-likeness (QED) is 0.755. The molecular formula is C10H21NO5P2. The van der Waals surface area contributed by atoms with Gasteiger partial charge in [0.15, 0.2) is 0 Å². The lowest BCUT2D eigenvalue weighted by Crippen LogP contribution is -2.33. The molecule has 18 heavy (non-hydrogen) atoms. The van der Waals surface area contributed by atoms with Gasteiger partial charge in [0, 0.05) is 13.2 Å². The zero-order valence-electron chi connectivity index (χ0n) is 11.1. The number of nitrogens with one attached hydrogen (secondary N) is 1. The molecule has 106 valence electrons. The van der Waals surface area contributed by atoms with Crippen LogP contribution in [0.2, 0.25) is 0 Å². The van der Waals surface area contributed by atoms with Crippen molar-refractivity contribution in [3.8, 4) is 0 Å². The van der Waals surface area contributed by atoms with Crippen molar-refractivity contribution in [2.75, 3.05) is 20.4 Å². The second-order valence-corrected chi connectivity index (χ2v) is 9.69. The van der Waals surface area contributed by atoms with Crippen LogP contribution in [-0.4, -0.2) is 43.6 Å². The molecule has 2 N–H and O–H groups in total. The molecule has 0 saturated carbocycles. The highest BCUT2D eigenvalue weighted by molar-refractivity contribution is 7.65. The molecule has 1 aliphatic heterocycles. The van der Waals surface area contributed by atoms with Crippen molar-refractivity contribution in [1.29, 1.82) is 0 Å². The minimum Gasteiger partial charge on any atom is -0.369 e. The first-order valence-electron chi connectivity index (χ1n) is 5.69. The summed E-state index contributed by atoms with van der Waals surface area (Å²) in [4.78, 5) is 9.40. The lowest BCUT2D eigenvalue weighted by Gasteiger charge is -2.19. The van der Waals surface area contributed by atoms with Crippen LogP contribution in [0.4, 0.5) is 0 Å². The van der Waals surface area contributed by atoms with Crippen molar-refractivity contribution in [3.05, 3.63) is 11.9 Å². The van der Waals surface area contributed by atoms with E-state index >= 15 is 0 Å².